The van der Waals surface area contributed by atoms with Crippen molar-refractivity contribution in [3.8, 4) is 11.5 Å². The number of nitrogens with one attached hydrogen (secondary N) is 1. The van der Waals surface area contributed by atoms with E-state index in [9.17, 15) is 0 Å². The summed E-state index contributed by atoms with van der Waals surface area (Å²) >= 11 is 5.57. The molecule has 0 bridgehead atoms. The molecule has 1 aliphatic carbocycles. The summed E-state index contributed by atoms with van der Waals surface area (Å²) in [6, 6.07) is 4.16. The molecule has 0 aromatic heterocycles. The lowest BCUT2D eigenvalue weighted by Gasteiger charge is -2.40. The second kappa shape index (κ2) is 7.75. The zero-order chi connectivity index (χ0) is 15.3. The van der Waals surface area contributed by atoms with Crippen molar-refractivity contribution in [2.24, 2.45) is 0 Å². The SMILES string of the molecule is CCOc1c(Br)cc(CNCC2(SC)CCC2)cc1OC. The van der Waals surface area contributed by atoms with Crippen molar-refractivity contribution >= 4 is 27.7 Å². The van der Waals surface area contributed by atoms with Gasteiger partial charge in [-0.3, -0.25) is 0 Å². The van der Waals surface area contributed by atoms with Crippen LogP contribution in [0.2, 0.25) is 0 Å². The Kier molecular flexibility index (Phi) is 6.26. The first kappa shape index (κ1) is 17.0. The molecule has 2 rings (SSSR count). The molecule has 1 aromatic rings. The summed E-state index contributed by atoms with van der Waals surface area (Å²) in [5.41, 5.74) is 1.21. The van der Waals surface area contributed by atoms with Gasteiger partial charge in [0.15, 0.2) is 11.5 Å². The van der Waals surface area contributed by atoms with E-state index in [-0.39, 0.29) is 0 Å². The molecule has 0 saturated heterocycles. The van der Waals surface area contributed by atoms with Gasteiger partial charge in [-0.15, -0.1) is 0 Å². The Labute approximate surface area is 140 Å². The number of thioether (sulfide) groups is 1. The maximum Gasteiger partial charge on any atom is 0.175 e. The number of halogens is 1. The molecule has 21 heavy (non-hydrogen) atoms. The maximum absolute atomic E-state index is 5.62. The Morgan fingerprint density at radius 3 is 2.67 bits per heavy atom. The van der Waals surface area contributed by atoms with Gasteiger partial charge in [0.1, 0.15) is 0 Å². The van der Waals surface area contributed by atoms with Crippen molar-refractivity contribution in [1.82, 2.24) is 5.32 Å². The standard InChI is InChI=1S/C16H24BrNO2S/c1-4-20-15-13(17)8-12(9-14(15)19-2)10-18-11-16(21-3)6-5-7-16/h8-9,18H,4-7,10-11H2,1-3H3. The molecule has 0 radical (unpaired) electrons. The number of hydrogen-bond acceptors (Lipinski definition) is 4. The molecule has 118 valence electrons. The monoisotopic (exact) mass is 373 g/mol. The predicted molar refractivity (Wildman–Crippen MR) is 93.7 cm³/mol. The Morgan fingerprint density at radius 2 is 2.14 bits per heavy atom. The smallest absolute Gasteiger partial charge is 0.175 e. The van der Waals surface area contributed by atoms with Gasteiger partial charge in [-0.2, -0.15) is 11.8 Å². The molecule has 0 unspecified atom stereocenters. The summed E-state index contributed by atoms with van der Waals surface area (Å²) in [6.07, 6.45) is 6.25. The van der Waals surface area contributed by atoms with Crippen LogP contribution in [0.1, 0.15) is 31.7 Å². The number of methoxy groups -OCH3 is 1. The molecule has 1 saturated carbocycles. The van der Waals surface area contributed by atoms with Crippen LogP contribution in [0.4, 0.5) is 0 Å². The van der Waals surface area contributed by atoms with Crippen molar-refractivity contribution in [3.63, 3.8) is 0 Å². The van der Waals surface area contributed by atoms with Crippen molar-refractivity contribution < 1.29 is 9.47 Å². The third kappa shape index (κ3) is 4.08. The minimum atomic E-state index is 0.465. The largest absolute Gasteiger partial charge is 0.493 e. The van der Waals surface area contributed by atoms with E-state index in [2.05, 4.69) is 39.6 Å². The molecule has 0 atom stereocenters. The molecule has 1 fully saturated rings. The highest BCUT2D eigenvalue weighted by atomic mass is 79.9. The predicted octanol–water partition coefficient (Wildman–Crippen LogP) is 4.23. The highest BCUT2D eigenvalue weighted by Crippen LogP contribution is 2.42. The molecule has 0 amide bonds. The van der Waals surface area contributed by atoms with Gasteiger partial charge in [-0.1, -0.05) is 6.42 Å². The van der Waals surface area contributed by atoms with E-state index in [1.54, 1.807) is 7.11 Å². The molecule has 3 nitrogen and oxygen atoms in total. The third-order valence-electron chi connectivity index (χ3n) is 4.05. The number of rotatable bonds is 8. The van der Waals surface area contributed by atoms with Gasteiger partial charge in [-0.05, 0) is 59.6 Å². The minimum absolute atomic E-state index is 0.465. The lowest BCUT2D eigenvalue weighted by Crippen LogP contribution is -2.43. The molecule has 1 N–H and O–H groups in total. The molecule has 1 aliphatic rings. The topological polar surface area (TPSA) is 30.5 Å². The van der Waals surface area contributed by atoms with Gasteiger partial charge in [0.25, 0.3) is 0 Å². The fourth-order valence-electron chi connectivity index (χ4n) is 2.62. The van der Waals surface area contributed by atoms with E-state index in [0.717, 1.165) is 29.1 Å². The number of hydrogen-bond donors (Lipinski definition) is 1. The maximum atomic E-state index is 5.62. The molecule has 1 aromatic carbocycles. The fraction of sp³-hybridized carbons (Fsp3) is 0.625. The van der Waals surface area contributed by atoms with Crippen LogP contribution in [0.25, 0.3) is 0 Å². The Morgan fingerprint density at radius 1 is 1.38 bits per heavy atom. The zero-order valence-corrected chi connectivity index (χ0v) is 15.4. The third-order valence-corrected chi connectivity index (χ3v) is 6.06. The average Bonchev–Trinajstić information content (AvgIpc) is 2.44. The van der Waals surface area contributed by atoms with E-state index < -0.39 is 0 Å². The minimum Gasteiger partial charge on any atom is -0.493 e. The van der Waals surface area contributed by atoms with Gasteiger partial charge >= 0.3 is 0 Å². The van der Waals surface area contributed by atoms with E-state index in [0.29, 0.717) is 11.4 Å². The van der Waals surface area contributed by atoms with Crippen LogP contribution in [-0.2, 0) is 6.54 Å². The van der Waals surface area contributed by atoms with Crippen LogP contribution < -0.4 is 14.8 Å². The number of ether oxygens (including phenoxy) is 2. The van der Waals surface area contributed by atoms with E-state index >= 15 is 0 Å². The van der Waals surface area contributed by atoms with E-state index in [1.807, 2.05) is 18.7 Å². The van der Waals surface area contributed by atoms with Crippen molar-refractivity contribution in [2.75, 3.05) is 26.5 Å². The summed E-state index contributed by atoms with van der Waals surface area (Å²) in [4.78, 5) is 0. The molecule has 0 aliphatic heterocycles. The fourth-order valence-corrected chi connectivity index (χ4v) is 4.17. The molecule has 0 heterocycles. The Hall–Kier alpha value is -0.390. The van der Waals surface area contributed by atoms with Crippen LogP contribution in [0.3, 0.4) is 0 Å². The van der Waals surface area contributed by atoms with Gasteiger partial charge in [0.05, 0.1) is 18.2 Å². The van der Waals surface area contributed by atoms with Gasteiger partial charge in [0, 0.05) is 17.8 Å². The average molecular weight is 374 g/mol. The van der Waals surface area contributed by atoms with Crippen LogP contribution in [-0.4, -0.2) is 31.3 Å². The molecular weight excluding hydrogens is 350 g/mol. The molecule has 0 spiro atoms. The quantitative estimate of drug-likeness (QED) is 0.738. The Balaban J connectivity index is 1.98. The highest BCUT2D eigenvalue weighted by molar-refractivity contribution is 9.10. The Bertz CT molecular complexity index is 472. The second-order valence-electron chi connectivity index (χ2n) is 5.39. The molecular formula is C16H24BrNO2S. The molecule has 5 heteroatoms. The van der Waals surface area contributed by atoms with Crippen molar-refractivity contribution in [1.29, 1.82) is 0 Å². The van der Waals surface area contributed by atoms with E-state index in [4.69, 9.17) is 9.47 Å². The van der Waals surface area contributed by atoms with E-state index in [1.165, 1.54) is 24.8 Å². The van der Waals surface area contributed by atoms with Crippen LogP contribution >= 0.6 is 27.7 Å². The number of benzene rings is 1. The second-order valence-corrected chi connectivity index (χ2v) is 7.51. The summed E-state index contributed by atoms with van der Waals surface area (Å²) in [6.45, 7) is 4.52. The first-order chi connectivity index (χ1) is 10.1. The van der Waals surface area contributed by atoms with Crippen molar-refractivity contribution in [2.45, 2.75) is 37.5 Å². The zero-order valence-electron chi connectivity index (χ0n) is 13.0. The van der Waals surface area contributed by atoms with Crippen LogP contribution in [0, 0.1) is 0 Å². The van der Waals surface area contributed by atoms with Gasteiger partial charge < -0.3 is 14.8 Å². The van der Waals surface area contributed by atoms with Gasteiger partial charge in [-0.25, -0.2) is 0 Å². The van der Waals surface area contributed by atoms with Crippen LogP contribution in [0.5, 0.6) is 11.5 Å². The first-order valence-corrected chi connectivity index (χ1v) is 9.41. The lowest BCUT2D eigenvalue weighted by molar-refractivity contribution is 0.308. The normalized spacial score (nSPS) is 16.4. The van der Waals surface area contributed by atoms with Crippen LogP contribution in [0.15, 0.2) is 16.6 Å². The summed E-state index contributed by atoms with van der Waals surface area (Å²) in [5, 5.41) is 3.59. The summed E-state index contributed by atoms with van der Waals surface area (Å²) in [5.74, 6) is 1.56. The summed E-state index contributed by atoms with van der Waals surface area (Å²) in [7, 11) is 1.68. The highest BCUT2D eigenvalue weighted by Gasteiger charge is 2.35. The van der Waals surface area contributed by atoms with Gasteiger partial charge in [0.2, 0.25) is 0 Å². The lowest BCUT2D eigenvalue weighted by atomic mass is 9.84. The summed E-state index contributed by atoms with van der Waals surface area (Å²) < 4.78 is 12.5. The van der Waals surface area contributed by atoms with Crippen molar-refractivity contribution in [3.05, 3.63) is 22.2 Å². The first-order valence-electron chi connectivity index (χ1n) is 7.39.